The Morgan fingerprint density at radius 1 is 1.02 bits per heavy atom. The lowest BCUT2D eigenvalue weighted by atomic mass is 9.96. The number of aromatic nitrogens is 2. The van der Waals surface area contributed by atoms with Crippen molar-refractivity contribution in [2.75, 3.05) is 22.9 Å². The van der Waals surface area contributed by atoms with Crippen LogP contribution < -0.4 is 15.1 Å². The van der Waals surface area contributed by atoms with E-state index in [2.05, 4.69) is 45.2 Å². The van der Waals surface area contributed by atoms with Gasteiger partial charge in [-0.1, -0.05) is 36.7 Å². The number of carbonyl (C=O) groups is 1. The van der Waals surface area contributed by atoms with Crippen molar-refractivity contribution in [3.63, 3.8) is 0 Å². The van der Waals surface area contributed by atoms with Gasteiger partial charge in [0.15, 0.2) is 5.11 Å². The molecule has 2 fully saturated rings. The van der Waals surface area contributed by atoms with Crippen LogP contribution in [0.1, 0.15) is 64.9 Å². The lowest BCUT2D eigenvalue weighted by Gasteiger charge is -2.33. The molecule has 2 saturated heterocycles. The van der Waals surface area contributed by atoms with Gasteiger partial charge in [0.1, 0.15) is 0 Å². The van der Waals surface area contributed by atoms with E-state index in [1.54, 1.807) is 18.3 Å². The molecule has 0 saturated carbocycles. The Labute approximate surface area is 256 Å². The molecule has 0 aliphatic carbocycles. The number of carboxylic acids is 1. The lowest BCUT2D eigenvalue weighted by Crippen LogP contribution is -2.33. The second-order valence-electron chi connectivity index (χ2n) is 11.3. The van der Waals surface area contributed by atoms with Crippen LogP contribution >= 0.6 is 23.8 Å². The molecule has 4 heterocycles. The quantitative estimate of drug-likeness (QED) is 0.226. The zero-order chi connectivity index (χ0) is 29.5. The second-order valence-corrected chi connectivity index (χ2v) is 12.1. The van der Waals surface area contributed by atoms with Gasteiger partial charge in [-0.15, -0.1) is 0 Å². The predicted molar refractivity (Wildman–Crippen MR) is 172 cm³/mol. The van der Waals surface area contributed by atoms with Crippen molar-refractivity contribution < 1.29 is 9.90 Å². The first-order valence-electron chi connectivity index (χ1n) is 14.3. The monoisotopic (exact) mass is 599 g/mol. The van der Waals surface area contributed by atoms with Crippen molar-refractivity contribution in [3.05, 3.63) is 106 Å². The van der Waals surface area contributed by atoms with E-state index in [1.807, 2.05) is 54.8 Å². The first kappa shape index (κ1) is 28.2. The van der Waals surface area contributed by atoms with Crippen LogP contribution in [0.15, 0.2) is 72.9 Å². The maximum atomic E-state index is 12.1. The molecule has 0 unspecified atom stereocenters. The van der Waals surface area contributed by atoms with Gasteiger partial charge in [0.05, 0.1) is 39.7 Å². The molecule has 2 aromatic carbocycles. The zero-order valence-electron chi connectivity index (χ0n) is 23.9. The third-order valence-electron chi connectivity index (χ3n) is 8.60. The molecule has 0 spiro atoms. The highest BCUT2D eigenvalue weighted by Crippen LogP contribution is 2.45. The van der Waals surface area contributed by atoms with E-state index >= 15 is 0 Å². The van der Waals surface area contributed by atoms with Gasteiger partial charge < -0.3 is 24.8 Å². The number of pyridine rings is 1. The maximum absolute atomic E-state index is 12.1. The molecule has 2 aliphatic heterocycles. The number of hydrogen-bond acceptors (Lipinski definition) is 4. The Bertz CT molecular complexity index is 1650. The summed E-state index contributed by atoms with van der Waals surface area (Å²) in [6.45, 7) is 8.33. The number of carboxylic acid groups (broad SMARTS) is 1. The minimum absolute atomic E-state index is 0.232. The summed E-state index contributed by atoms with van der Waals surface area (Å²) < 4.78 is 2.02. The molecule has 9 heteroatoms. The molecule has 2 aliphatic rings. The Hall–Kier alpha value is -3.88. The fourth-order valence-corrected chi connectivity index (χ4v) is 7.05. The van der Waals surface area contributed by atoms with Crippen molar-refractivity contribution in [1.29, 1.82) is 0 Å². The number of para-hydroxylation sites is 1. The van der Waals surface area contributed by atoms with Crippen LogP contribution in [0.5, 0.6) is 0 Å². The van der Waals surface area contributed by atoms with Crippen molar-refractivity contribution in [3.8, 4) is 5.69 Å². The largest absolute Gasteiger partial charge is 0.478 e. The van der Waals surface area contributed by atoms with Gasteiger partial charge in [-0.3, -0.25) is 4.98 Å². The minimum Gasteiger partial charge on any atom is -0.478 e. The smallest absolute Gasteiger partial charge is 0.337 e. The number of piperidine rings is 1. The van der Waals surface area contributed by atoms with E-state index in [9.17, 15) is 9.90 Å². The summed E-state index contributed by atoms with van der Waals surface area (Å²) in [6.07, 6.45) is 4.11. The van der Waals surface area contributed by atoms with E-state index in [1.165, 1.54) is 0 Å². The van der Waals surface area contributed by atoms with Gasteiger partial charge in [-0.2, -0.15) is 0 Å². The van der Waals surface area contributed by atoms with Gasteiger partial charge in [0, 0.05) is 36.4 Å². The summed E-state index contributed by atoms with van der Waals surface area (Å²) in [7, 11) is 0. The summed E-state index contributed by atoms with van der Waals surface area (Å²) in [5.74, 6) is -0.229. The molecular weight excluding hydrogens is 566 g/mol. The molecule has 0 bridgehead atoms. The molecule has 0 amide bonds. The topological polar surface area (TPSA) is 73.6 Å². The van der Waals surface area contributed by atoms with E-state index in [-0.39, 0.29) is 17.6 Å². The minimum atomic E-state index is -0.964. The van der Waals surface area contributed by atoms with Crippen molar-refractivity contribution >= 4 is 46.3 Å². The van der Waals surface area contributed by atoms with Crippen LogP contribution in [0.2, 0.25) is 5.02 Å². The number of hydrogen-bond donors (Lipinski definition) is 2. The number of anilines is 2. The number of thiocarbonyl (C=S) groups is 1. The number of rotatable bonds is 6. The van der Waals surface area contributed by atoms with Crippen LogP contribution in [0.25, 0.3) is 5.69 Å². The molecule has 7 nitrogen and oxygen atoms in total. The summed E-state index contributed by atoms with van der Waals surface area (Å²) >= 11 is 12.9. The summed E-state index contributed by atoms with van der Waals surface area (Å²) in [5.41, 5.74) is 6.59. The molecule has 42 heavy (non-hydrogen) atoms. The van der Waals surface area contributed by atoms with Crippen LogP contribution in [-0.2, 0) is 0 Å². The van der Waals surface area contributed by atoms with E-state index in [0.717, 1.165) is 65.9 Å². The van der Waals surface area contributed by atoms with E-state index in [0.29, 0.717) is 15.8 Å². The molecule has 216 valence electrons. The number of benzene rings is 2. The van der Waals surface area contributed by atoms with Crippen molar-refractivity contribution in [2.45, 2.75) is 45.7 Å². The van der Waals surface area contributed by atoms with Gasteiger partial charge in [0.25, 0.3) is 0 Å². The highest BCUT2D eigenvalue weighted by atomic mass is 35.5. The number of nitrogens with one attached hydrogen (secondary N) is 1. The average molecular weight is 600 g/mol. The Kier molecular flexibility index (Phi) is 7.68. The summed E-state index contributed by atoms with van der Waals surface area (Å²) in [6, 6.07) is 20.8. The highest BCUT2D eigenvalue weighted by molar-refractivity contribution is 7.80. The van der Waals surface area contributed by atoms with E-state index in [4.69, 9.17) is 23.8 Å². The third kappa shape index (κ3) is 5.03. The second kappa shape index (κ2) is 11.4. The predicted octanol–water partition coefficient (Wildman–Crippen LogP) is 7.25. The molecule has 4 aromatic rings. The Morgan fingerprint density at radius 3 is 2.45 bits per heavy atom. The van der Waals surface area contributed by atoms with Crippen LogP contribution in [0.4, 0.5) is 11.4 Å². The first-order valence-corrected chi connectivity index (χ1v) is 15.1. The maximum Gasteiger partial charge on any atom is 0.337 e. The van der Waals surface area contributed by atoms with Gasteiger partial charge >= 0.3 is 5.97 Å². The number of aromatic carboxylic acids is 1. The summed E-state index contributed by atoms with van der Waals surface area (Å²) in [4.78, 5) is 21.3. The van der Waals surface area contributed by atoms with Crippen LogP contribution in [0.3, 0.4) is 0 Å². The number of halogens is 1. The fourth-order valence-electron chi connectivity index (χ4n) is 6.41. The molecular formula is C33H34ClN5O2S. The van der Waals surface area contributed by atoms with Gasteiger partial charge in [0.2, 0.25) is 0 Å². The third-order valence-corrected chi connectivity index (χ3v) is 9.21. The van der Waals surface area contributed by atoms with Crippen LogP contribution in [0, 0.1) is 19.8 Å². The fraction of sp³-hybridized carbons (Fsp3) is 0.303. The Balaban J connectivity index is 1.46. The lowest BCUT2D eigenvalue weighted by molar-refractivity contribution is 0.0697. The normalized spacial score (nSPS) is 19.3. The number of nitrogens with zero attached hydrogens (tertiary/aromatic N) is 4. The molecule has 0 radical (unpaired) electrons. The summed E-state index contributed by atoms with van der Waals surface area (Å²) in [5, 5.41) is 14.7. The molecule has 2 atom stereocenters. The van der Waals surface area contributed by atoms with Gasteiger partial charge in [-0.05, 0) is 98.9 Å². The number of aryl methyl sites for hydroxylation is 1. The molecule has 2 aromatic heterocycles. The Morgan fingerprint density at radius 2 is 1.76 bits per heavy atom. The van der Waals surface area contributed by atoms with E-state index < -0.39 is 5.97 Å². The standard InChI is InChI=1S/C33H34ClN5O2S/c1-20-13-16-37(17-14-20)29-12-11-23(19-26(29)34)39-31(30(36-33(39)42)27-9-6-7-15-35-27)25-18-21(2)38(22(25)3)28-10-5-4-8-24(28)32(40)41/h4-12,15,18-20,30-31H,13-14,16-17H2,1-3H3,(H,36,42)(H,40,41)/t30-,31+/m0/s1. The zero-order valence-corrected chi connectivity index (χ0v) is 25.5. The first-order chi connectivity index (χ1) is 20.2. The van der Waals surface area contributed by atoms with Crippen molar-refractivity contribution in [2.24, 2.45) is 5.92 Å². The SMILES string of the molecule is Cc1cc([C@@H]2[C@H](c3ccccn3)NC(=S)N2c2ccc(N3CCC(C)CC3)c(Cl)c2)c(C)n1-c1ccccc1C(=O)O. The van der Waals surface area contributed by atoms with Crippen LogP contribution in [-0.4, -0.2) is 38.8 Å². The molecule has 2 N–H and O–H groups in total. The van der Waals surface area contributed by atoms with Crippen molar-refractivity contribution in [1.82, 2.24) is 14.9 Å². The average Bonchev–Trinajstić information content (AvgIpc) is 3.48. The van der Waals surface area contributed by atoms with Gasteiger partial charge in [-0.25, -0.2) is 4.79 Å². The highest BCUT2D eigenvalue weighted by Gasteiger charge is 2.42. The molecule has 6 rings (SSSR count).